The molecule has 5 rings (SSSR count). The number of carbonyl (C=O) groups excluding carboxylic acids is 2. The monoisotopic (exact) mass is 335 g/mol. The number of imide groups is 1. The van der Waals surface area contributed by atoms with E-state index < -0.39 is 6.09 Å². The van der Waals surface area contributed by atoms with Gasteiger partial charge in [0.1, 0.15) is 6.61 Å². The van der Waals surface area contributed by atoms with Crippen LogP contribution >= 0.6 is 0 Å². The normalized spacial score (nSPS) is 30.9. The number of fused-ring (bicyclic) bond motifs is 3. The number of carbonyl (C=O) groups is 2. The van der Waals surface area contributed by atoms with E-state index in [0.717, 1.165) is 12.8 Å². The van der Waals surface area contributed by atoms with Crippen LogP contribution in [0.4, 0.5) is 4.79 Å². The topological polar surface area (TPSA) is 46.6 Å². The van der Waals surface area contributed by atoms with Gasteiger partial charge in [0.15, 0.2) is 0 Å². The van der Waals surface area contributed by atoms with Crippen molar-refractivity contribution in [3.05, 3.63) is 48.0 Å². The van der Waals surface area contributed by atoms with Crippen molar-refractivity contribution in [1.29, 1.82) is 0 Å². The number of hydrogen-bond acceptors (Lipinski definition) is 3. The lowest BCUT2D eigenvalue weighted by Gasteiger charge is -2.32. The van der Waals surface area contributed by atoms with Crippen molar-refractivity contribution in [2.45, 2.75) is 25.2 Å². The molecule has 3 fully saturated rings. The maximum Gasteiger partial charge on any atom is 0.416 e. The number of hydrogen-bond donors (Lipinski definition) is 0. The number of ether oxygens (including phenoxy) is 1. The molecule has 4 atom stereocenters. The molecule has 2 unspecified atom stereocenters. The van der Waals surface area contributed by atoms with Crippen LogP contribution in [0.5, 0.6) is 0 Å². The summed E-state index contributed by atoms with van der Waals surface area (Å²) in [5.74, 6) is 1.09. The van der Waals surface area contributed by atoms with Crippen molar-refractivity contribution in [2.75, 3.05) is 13.2 Å². The average Bonchev–Trinajstić information content (AvgIpc) is 3.36. The molecule has 2 saturated carbocycles. The Morgan fingerprint density at radius 2 is 1.84 bits per heavy atom. The zero-order chi connectivity index (χ0) is 17.0. The van der Waals surface area contributed by atoms with Gasteiger partial charge in [0.2, 0.25) is 5.91 Å². The quantitative estimate of drug-likeness (QED) is 0.835. The molecule has 2 aromatic carbocycles. The molecule has 1 aliphatic heterocycles. The molecule has 4 nitrogen and oxygen atoms in total. The van der Waals surface area contributed by atoms with Gasteiger partial charge in [0, 0.05) is 5.92 Å². The van der Waals surface area contributed by atoms with E-state index in [1.807, 2.05) is 6.07 Å². The largest absolute Gasteiger partial charge is 0.447 e. The second-order valence-electron chi connectivity index (χ2n) is 7.60. The van der Waals surface area contributed by atoms with Crippen molar-refractivity contribution in [1.82, 2.24) is 4.90 Å². The van der Waals surface area contributed by atoms with E-state index in [4.69, 9.17) is 4.74 Å². The molecule has 25 heavy (non-hydrogen) atoms. The molecule has 2 amide bonds. The van der Waals surface area contributed by atoms with Crippen LogP contribution in [-0.4, -0.2) is 30.1 Å². The van der Waals surface area contributed by atoms with Crippen LogP contribution in [0.2, 0.25) is 0 Å². The Kier molecular flexibility index (Phi) is 3.34. The summed E-state index contributed by atoms with van der Waals surface area (Å²) in [4.78, 5) is 26.3. The van der Waals surface area contributed by atoms with Gasteiger partial charge in [-0.15, -0.1) is 0 Å². The first-order chi connectivity index (χ1) is 12.2. The molecule has 1 heterocycles. The third kappa shape index (κ3) is 2.27. The van der Waals surface area contributed by atoms with Gasteiger partial charge in [-0.1, -0.05) is 42.5 Å². The summed E-state index contributed by atoms with van der Waals surface area (Å²) < 4.78 is 4.99. The van der Waals surface area contributed by atoms with Gasteiger partial charge >= 0.3 is 6.09 Å². The Morgan fingerprint density at radius 1 is 1.04 bits per heavy atom. The molecule has 128 valence electrons. The van der Waals surface area contributed by atoms with Crippen molar-refractivity contribution in [2.24, 2.45) is 17.8 Å². The van der Waals surface area contributed by atoms with Gasteiger partial charge < -0.3 is 4.74 Å². The molecule has 0 radical (unpaired) electrons. The van der Waals surface area contributed by atoms with Gasteiger partial charge in [-0.25, -0.2) is 9.69 Å². The molecule has 0 spiro atoms. The fraction of sp³-hybridized carbons (Fsp3) is 0.429. The SMILES string of the molecule is O=C1OCCN1C(=O)C1C(c2ccc3ccccc3c2)[C@@H]2CC[C@H]1C2. The second kappa shape index (κ2) is 5.58. The van der Waals surface area contributed by atoms with Crippen LogP contribution in [0.25, 0.3) is 10.8 Å². The highest BCUT2D eigenvalue weighted by atomic mass is 16.6. The van der Waals surface area contributed by atoms with Gasteiger partial charge in [-0.05, 0) is 53.4 Å². The molecule has 0 aromatic heterocycles. The van der Waals surface area contributed by atoms with Crippen LogP contribution in [0.15, 0.2) is 42.5 Å². The van der Waals surface area contributed by atoms with Crippen LogP contribution in [0, 0.1) is 17.8 Å². The van der Waals surface area contributed by atoms with Crippen LogP contribution in [0.3, 0.4) is 0 Å². The Labute approximate surface area is 146 Å². The molecule has 2 bridgehead atoms. The Balaban J connectivity index is 1.53. The molecule has 2 aliphatic carbocycles. The average molecular weight is 335 g/mol. The Bertz CT molecular complexity index is 861. The lowest BCUT2D eigenvalue weighted by molar-refractivity contribution is -0.134. The number of nitrogens with zero attached hydrogens (tertiary/aromatic N) is 1. The van der Waals surface area contributed by atoms with E-state index in [0.29, 0.717) is 25.0 Å². The molecule has 1 saturated heterocycles. The minimum absolute atomic E-state index is 0.0205. The molecular formula is C21H21NO3. The number of amides is 2. The molecule has 0 N–H and O–H groups in total. The first-order valence-electron chi connectivity index (χ1n) is 9.19. The summed E-state index contributed by atoms with van der Waals surface area (Å²) in [6, 6.07) is 14.9. The summed E-state index contributed by atoms with van der Waals surface area (Å²) >= 11 is 0. The summed E-state index contributed by atoms with van der Waals surface area (Å²) in [5, 5.41) is 2.44. The number of rotatable bonds is 2. The smallest absolute Gasteiger partial charge is 0.416 e. The number of cyclic esters (lactones) is 1. The highest BCUT2D eigenvalue weighted by molar-refractivity contribution is 5.95. The van der Waals surface area contributed by atoms with E-state index in [9.17, 15) is 9.59 Å². The third-order valence-corrected chi connectivity index (χ3v) is 6.39. The zero-order valence-corrected chi connectivity index (χ0v) is 14.1. The maximum atomic E-state index is 13.1. The summed E-state index contributed by atoms with van der Waals surface area (Å²) in [7, 11) is 0. The van der Waals surface area contributed by atoms with Gasteiger partial charge in [0.25, 0.3) is 0 Å². The Morgan fingerprint density at radius 3 is 2.64 bits per heavy atom. The molecule has 4 heteroatoms. The first-order valence-corrected chi connectivity index (χ1v) is 9.19. The van der Waals surface area contributed by atoms with E-state index >= 15 is 0 Å². The van der Waals surface area contributed by atoms with Crippen molar-refractivity contribution in [3.63, 3.8) is 0 Å². The predicted octanol–water partition coefficient (Wildman–Crippen LogP) is 3.95. The highest BCUT2D eigenvalue weighted by Gasteiger charge is 2.53. The predicted molar refractivity (Wildman–Crippen MR) is 94.1 cm³/mol. The lowest BCUT2D eigenvalue weighted by Crippen LogP contribution is -2.41. The standard InChI is InChI=1S/C21H21NO3/c23-20(22-9-10-25-21(22)24)19-17-8-7-16(12-17)18(19)15-6-5-13-3-1-2-4-14(13)11-15/h1-6,11,16-19H,7-10,12H2/t16-,17+,18?,19?/m1/s1. The minimum atomic E-state index is -0.468. The van der Waals surface area contributed by atoms with E-state index in [2.05, 4.69) is 36.4 Å². The van der Waals surface area contributed by atoms with Gasteiger partial charge in [-0.3, -0.25) is 4.79 Å². The summed E-state index contributed by atoms with van der Waals surface area (Å²) in [5.41, 5.74) is 1.25. The summed E-state index contributed by atoms with van der Waals surface area (Å²) in [6.07, 6.45) is 2.94. The van der Waals surface area contributed by atoms with E-state index in [1.165, 1.54) is 27.7 Å². The third-order valence-electron chi connectivity index (χ3n) is 6.39. The molecule has 2 aromatic rings. The zero-order valence-electron chi connectivity index (χ0n) is 14.1. The lowest BCUT2D eigenvalue weighted by atomic mass is 9.74. The van der Waals surface area contributed by atoms with E-state index in [1.54, 1.807) is 0 Å². The molecular weight excluding hydrogens is 314 g/mol. The van der Waals surface area contributed by atoms with Gasteiger partial charge in [0.05, 0.1) is 6.54 Å². The first kappa shape index (κ1) is 14.9. The van der Waals surface area contributed by atoms with Crippen molar-refractivity contribution in [3.8, 4) is 0 Å². The second-order valence-corrected chi connectivity index (χ2v) is 7.60. The highest BCUT2D eigenvalue weighted by Crippen LogP contribution is 2.57. The fourth-order valence-electron chi connectivity index (χ4n) is 5.31. The summed E-state index contributed by atoms with van der Waals surface area (Å²) in [6.45, 7) is 0.724. The van der Waals surface area contributed by atoms with Crippen LogP contribution in [-0.2, 0) is 9.53 Å². The fourth-order valence-corrected chi connectivity index (χ4v) is 5.31. The van der Waals surface area contributed by atoms with E-state index in [-0.39, 0.29) is 17.7 Å². The van der Waals surface area contributed by atoms with Gasteiger partial charge in [-0.2, -0.15) is 0 Å². The van der Waals surface area contributed by atoms with Crippen molar-refractivity contribution < 1.29 is 14.3 Å². The van der Waals surface area contributed by atoms with Crippen molar-refractivity contribution >= 4 is 22.8 Å². The maximum absolute atomic E-state index is 13.1. The Hall–Kier alpha value is -2.36. The minimum Gasteiger partial charge on any atom is -0.447 e. The number of benzene rings is 2. The van der Waals surface area contributed by atoms with Crippen LogP contribution < -0.4 is 0 Å². The molecule has 3 aliphatic rings. The van der Waals surface area contributed by atoms with Crippen LogP contribution in [0.1, 0.15) is 30.7 Å².